The van der Waals surface area contributed by atoms with Gasteiger partial charge in [0.25, 0.3) is 11.5 Å². The lowest BCUT2D eigenvalue weighted by Crippen LogP contribution is -2.53. The number of rotatable bonds is 3. The van der Waals surface area contributed by atoms with Crippen molar-refractivity contribution >= 4 is 22.7 Å². The number of piperazine rings is 1. The van der Waals surface area contributed by atoms with E-state index >= 15 is 0 Å². The minimum atomic E-state index is -0.325. The smallest absolute Gasteiger partial charge is 0.261 e. The summed E-state index contributed by atoms with van der Waals surface area (Å²) in [4.78, 5) is 45.2. The van der Waals surface area contributed by atoms with Crippen LogP contribution in [0.25, 0.3) is 10.9 Å². The number of hydrogen-bond donors (Lipinski definition) is 0. The van der Waals surface area contributed by atoms with Crippen molar-refractivity contribution in [2.45, 2.75) is 25.5 Å². The quantitative estimate of drug-likeness (QED) is 0.773. The lowest BCUT2D eigenvalue weighted by molar-refractivity contribution is -0.146. The average molecular weight is 370 g/mol. The zero-order chi connectivity index (χ0) is 18.8. The van der Waals surface area contributed by atoms with Gasteiger partial charge in [0.05, 0.1) is 17.2 Å². The highest BCUT2D eigenvalue weighted by atomic mass is 16.5. The number of carbonyl (C=O) groups is 2. The van der Waals surface area contributed by atoms with Crippen LogP contribution in [0.4, 0.5) is 0 Å². The Morgan fingerprint density at radius 1 is 1.11 bits per heavy atom. The molecule has 142 valence electrons. The molecule has 2 aliphatic rings. The van der Waals surface area contributed by atoms with Gasteiger partial charge in [0.1, 0.15) is 12.6 Å². The first kappa shape index (κ1) is 17.7. The number of ether oxygens (including phenoxy) is 1. The molecule has 0 spiro atoms. The number of fused-ring (bicyclic) bond motifs is 1. The molecule has 8 heteroatoms. The van der Waals surface area contributed by atoms with E-state index in [1.54, 1.807) is 28.0 Å². The Labute approximate surface area is 156 Å². The van der Waals surface area contributed by atoms with E-state index < -0.39 is 0 Å². The van der Waals surface area contributed by atoms with Crippen molar-refractivity contribution in [3.05, 3.63) is 40.9 Å². The van der Waals surface area contributed by atoms with Gasteiger partial charge in [-0.05, 0) is 25.0 Å². The van der Waals surface area contributed by atoms with Gasteiger partial charge >= 0.3 is 0 Å². The predicted molar refractivity (Wildman–Crippen MR) is 98.1 cm³/mol. The van der Waals surface area contributed by atoms with Crippen LogP contribution in [0.15, 0.2) is 35.4 Å². The Morgan fingerprint density at radius 2 is 1.85 bits per heavy atom. The normalized spacial score (nSPS) is 20.2. The van der Waals surface area contributed by atoms with Crippen molar-refractivity contribution in [2.24, 2.45) is 0 Å². The first-order valence-corrected chi connectivity index (χ1v) is 9.26. The topological polar surface area (TPSA) is 84.7 Å². The summed E-state index contributed by atoms with van der Waals surface area (Å²) >= 11 is 0. The van der Waals surface area contributed by atoms with Crippen LogP contribution in [0.1, 0.15) is 12.8 Å². The van der Waals surface area contributed by atoms with Crippen LogP contribution in [0, 0.1) is 0 Å². The monoisotopic (exact) mass is 370 g/mol. The van der Waals surface area contributed by atoms with E-state index in [0.717, 1.165) is 12.8 Å². The molecule has 0 aliphatic carbocycles. The standard InChI is InChI=1S/C19H22N4O4/c24-17(12-23-13-20-15-5-2-1-4-14(15)18(23)25)21-7-9-22(10-8-21)19(26)16-6-3-11-27-16/h1-2,4-5,13,16H,3,6-12H2. The highest BCUT2D eigenvalue weighted by Gasteiger charge is 2.31. The second kappa shape index (κ2) is 7.48. The van der Waals surface area contributed by atoms with Gasteiger partial charge in [-0.25, -0.2) is 4.98 Å². The molecule has 2 amide bonds. The molecule has 0 bridgehead atoms. The highest BCUT2D eigenvalue weighted by Crippen LogP contribution is 2.16. The Morgan fingerprint density at radius 3 is 2.59 bits per heavy atom. The fourth-order valence-corrected chi connectivity index (χ4v) is 3.62. The molecule has 0 saturated carbocycles. The maximum atomic E-state index is 12.6. The summed E-state index contributed by atoms with van der Waals surface area (Å²) in [7, 11) is 0. The van der Waals surface area contributed by atoms with E-state index in [9.17, 15) is 14.4 Å². The van der Waals surface area contributed by atoms with Crippen LogP contribution in [-0.4, -0.2) is 70.1 Å². The van der Waals surface area contributed by atoms with Crippen LogP contribution >= 0.6 is 0 Å². The Kier molecular flexibility index (Phi) is 4.89. The molecule has 2 aromatic rings. The number of benzene rings is 1. The molecule has 1 aromatic carbocycles. The molecule has 27 heavy (non-hydrogen) atoms. The zero-order valence-corrected chi connectivity index (χ0v) is 15.0. The predicted octanol–water partition coefficient (Wildman–Crippen LogP) is 0.246. The van der Waals surface area contributed by atoms with Gasteiger partial charge < -0.3 is 14.5 Å². The SMILES string of the molecule is O=C(Cn1cnc2ccccc2c1=O)N1CCN(C(=O)C2CCCO2)CC1. The van der Waals surface area contributed by atoms with E-state index in [4.69, 9.17) is 4.74 Å². The lowest BCUT2D eigenvalue weighted by Gasteiger charge is -2.35. The Bertz CT molecular complexity index is 911. The molecule has 1 aromatic heterocycles. The summed E-state index contributed by atoms with van der Waals surface area (Å²) in [5.74, 6) is -0.118. The Hall–Kier alpha value is -2.74. The van der Waals surface area contributed by atoms with E-state index in [0.29, 0.717) is 43.7 Å². The third-order valence-electron chi connectivity index (χ3n) is 5.19. The number of para-hydroxylation sites is 1. The van der Waals surface area contributed by atoms with Gasteiger partial charge in [0.2, 0.25) is 5.91 Å². The fourth-order valence-electron chi connectivity index (χ4n) is 3.62. The van der Waals surface area contributed by atoms with Gasteiger partial charge in [-0.3, -0.25) is 19.0 Å². The second-order valence-electron chi connectivity index (χ2n) is 6.90. The highest BCUT2D eigenvalue weighted by molar-refractivity contribution is 5.82. The van der Waals surface area contributed by atoms with Crippen LogP contribution in [0.2, 0.25) is 0 Å². The van der Waals surface area contributed by atoms with Gasteiger partial charge in [-0.2, -0.15) is 0 Å². The van der Waals surface area contributed by atoms with E-state index in [2.05, 4.69) is 4.98 Å². The van der Waals surface area contributed by atoms with Crippen molar-refractivity contribution in [3.63, 3.8) is 0 Å². The number of aromatic nitrogens is 2. The molecule has 2 saturated heterocycles. The summed E-state index contributed by atoms with van der Waals surface area (Å²) in [6.07, 6.45) is 2.79. The van der Waals surface area contributed by atoms with Crippen molar-refractivity contribution in [1.82, 2.24) is 19.4 Å². The maximum Gasteiger partial charge on any atom is 0.261 e. The van der Waals surface area contributed by atoms with Crippen molar-refractivity contribution in [3.8, 4) is 0 Å². The largest absolute Gasteiger partial charge is 0.368 e. The molecule has 4 rings (SSSR count). The number of carbonyl (C=O) groups excluding carboxylic acids is 2. The molecular weight excluding hydrogens is 348 g/mol. The molecule has 8 nitrogen and oxygen atoms in total. The molecule has 1 unspecified atom stereocenters. The Balaban J connectivity index is 1.38. The molecule has 2 fully saturated rings. The zero-order valence-electron chi connectivity index (χ0n) is 15.0. The molecule has 1 atom stereocenters. The molecule has 2 aliphatic heterocycles. The van der Waals surface area contributed by atoms with E-state index in [1.165, 1.54) is 10.9 Å². The fraction of sp³-hybridized carbons (Fsp3) is 0.474. The molecule has 0 radical (unpaired) electrons. The summed E-state index contributed by atoms with van der Waals surface area (Å²) in [5, 5.41) is 0.500. The van der Waals surface area contributed by atoms with Crippen LogP contribution in [0.5, 0.6) is 0 Å². The second-order valence-corrected chi connectivity index (χ2v) is 6.90. The van der Waals surface area contributed by atoms with Crippen LogP contribution < -0.4 is 5.56 Å². The lowest BCUT2D eigenvalue weighted by atomic mass is 10.2. The third kappa shape index (κ3) is 3.57. The van der Waals surface area contributed by atoms with E-state index in [1.807, 2.05) is 6.07 Å². The molecule has 0 N–H and O–H groups in total. The molecule has 3 heterocycles. The minimum absolute atomic E-state index is 0.0227. The molecular formula is C19H22N4O4. The van der Waals surface area contributed by atoms with Gasteiger partial charge in [-0.15, -0.1) is 0 Å². The van der Waals surface area contributed by atoms with Crippen molar-refractivity contribution < 1.29 is 14.3 Å². The number of nitrogens with zero attached hydrogens (tertiary/aromatic N) is 4. The summed E-state index contributed by atoms with van der Waals surface area (Å²) in [5.41, 5.74) is 0.397. The summed E-state index contributed by atoms with van der Waals surface area (Å²) < 4.78 is 6.79. The van der Waals surface area contributed by atoms with E-state index in [-0.39, 0.29) is 30.0 Å². The van der Waals surface area contributed by atoms with Crippen molar-refractivity contribution in [2.75, 3.05) is 32.8 Å². The maximum absolute atomic E-state index is 12.6. The summed E-state index contributed by atoms with van der Waals surface area (Å²) in [6.45, 7) is 2.52. The number of hydrogen-bond acceptors (Lipinski definition) is 5. The third-order valence-corrected chi connectivity index (χ3v) is 5.19. The summed E-state index contributed by atoms with van der Waals surface area (Å²) in [6, 6.07) is 7.08. The van der Waals surface area contributed by atoms with Crippen LogP contribution in [0.3, 0.4) is 0 Å². The minimum Gasteiger partial charge on any atom is -0.368 e. The van der Waals surface area contributed by atoms with Crippen LogP contribution in [-0.2, 0) is 20.9 Å². The average Bonchev–Trinajstić information content (AvgIpc) is 3.25. The van der Waals surface area contributed by atoms with Gasteiger partial charge in [0.15, 0.2) is 0 Å². The van der Waals surface area contributed by atoms with Gasteiger partial charge in [0, 0.05) is 32.8 Å². The first-order chi connectivity index (χ1) is 13.1. The first-order valence-electron chi connectivity index (χ1n) is 9.26. The van der Waals surface area contributed by atoms with Gasteiger partial charge in [-0.1, -0.05) is 12.1 Å². The number of amides is 2. The van der Waals surface area contributed by atoms with Crippen molar-refractivity contribution in [1.29, 1.82) is 0 Å².